The van der Waals surface area contributed by atoms with Crippen molar-refractivity contribution in [3.05, 3.63) is 35.9 Å². The molecule has 1 N–H and O–H groups in total. The molecule has 21 heavy (non-hydrogen) atoms. The fourth-order valence-corrected chi connectivity index (χ4v) is 2.92. The Morgan fingerprint density at radius 3 is 2.71 bits per heavy atom. The molecule has 0 amide bonds. The molecule has 0 aliphatic carbocycles. The van der Waals surface area contributed by atoms with E-state index in [0.29, 0.717) is 19.3 Å². The zero-order chi connectivity index (χ0) is 15.1. The van der Waals surface area contributed by atoms with Crippen molar-refractivity contribution in [3.8, 4) is 0 Å². The molecule has 4 nitrogen and oxygen atoms in total. The molecule has 0 aromatic heterocycles. The Kier molecular flexibility index (Phi) is 6.18. The van der Waals surface area contributed by atoms with Crippen LogP contribution in [0.1, 0.15) is 19.4 Å². The predicted octanol–water partition coefficient (Wildman–Crippen LogP) is 1.86. The van der Waals surface area contributed by atoms with Crippen molar-refractivity contribution < 1.29 is 9.47 Å². The van der Waals surface area contributed by atoms with Gasteiger partial charge in [-0.3, -0.25) is 4.90 Å². The second kappa shape index (κ2) is 7.90. The zero-order valence-corrected chi connectivity index (χ0v) is 13.5. The molecule has 1 heterocycles. The first-order chi connectivity index (χ1) is 10.2. The van der Waals surface area contributed by atoms with E-state index >= 15 is 0 Å². The van der Waals surface area contributed by atoms with Crippen LogP contribution in [0.3, 0.4) is 0 Å². The average molecular weight is 292 g/mol. The van der Waals surface area contributed by atoms with Gasteiger partial charge >= 0.3 is 0 Å². The van der Waals surface area contributed by atoms with Crippen LogP contribution in [0.5, 0.6) is 0 Å². The number of hydrogen-bond donors (Lipinski definition) is 1. The van der Waals surface area contributed by atoms with Crippen LogP contribution in [0, 0.1) is 0 Å². The third-order valence-corrected chi connectivity index (χ3v) is 4.32. The zero-order valence-electron chi connectivity index (χ0n) is 13.5. The first-order valence-corrected chi connectivity index (χ1v) is 7.77. The Morgan fingerprint density at radius 2 is 2.00 bits per heavy atom. The lowest BCUT2D eigenvalue weighted by atomic mass is 9.87. The standard InChI is InChI=1S/C17H28N2O2/c1-15-13-19(9-10-21-12-11-20-3)17(2,14-18-15)16-7-5-4-6-8-16/h4-8,15,18H,9-14H2,1-3H3. The van der Waals surface area contributed by atoms with E-state index in [1.165, 1.54) is 5.56 Å². The van der Waals surface area contributed by atoms with Crippen LogP contribution in [-0.4, -0.2) is 57.5 Å². The highest BCUT2D eigenvalue weighted by Crippen LogP contribution is 2.30. The van der Waals surface area contributed by atoms with E-state index in [4.69, 9.17) is 9.47 Å². The van der Waals surface area contributed by atoms with Crippen LogP contribution >= 0.6 is 0 Å². The number of nitrogens with zero attached hydrogens (tertiary/aromatic N) is 1. The van der Waals surface area contributed by atoms with E-state index < -0.39 is 0 Å². The van der Waals surface area contributed by atoms with Gasteiger partial charge in [-0.15, -0.1) is 0 Å². The average Bonchev–Trinajstić information content (AvgIpc) is 2.51. The predicted molar refractivity (Wildman–Crippen MR) is 85.5 cm³/mol. The molecule has 1 aromatic carbocycles. The highest BCUT2D eigenvalue weighted by Gasteiger charge is 2.37. The first-order valence-electron chi connectivity index (χ1n) is 7.77. The van der Waals surface area contributed by atoms with Crippen LogP contribution in [0.15, 0.2) is 30.3 Å². The summed E-state index contributed by atoms with van der Waals surface area (Å²) in [5.74, 6) is 0. The van der Waals surface area contributed by atoms with Crippen molar-refractivity contribution in [2.75, 3.05) is 46.6 Å². The molecule has 1 aliphatic heterocycles. The maximum atomic E-state index is 5.65. The molecular formula is C17H28N2O2. The van der Waals surface area contributed by atoms with Gasteiger partial charge < -0.3 is 14.8 Å². The SMILES string of the molecule is COCCOCCN1CC(C)NCC1(C)c1ccccc1. The van der Waals surface area contributed by atoms with E-state index in [0.717, 1.165) is 26.2 Å². The minimum Gasteiger partial charge on any atom is -0.382 e. The summed E-state index contributed by atoms with van der Waals surface area (Å²) < 4.78 is 10.7. The van der Waals surface area contributed by atoms with Crippen molar-refractivity contribution in [1.29, 1.82) is 0 Å². The van der Waals surface area contributed by atoms with Gasteiger partial charge in [-0.05, 0) is 19.4 Å². The summed E-state index contributed by atoms with van der Waals surface area (Å²) >= 11 is 0. The minimum atomic E-state index is 0.0262. The van der Waals surface area contributed by atoms with Crippen molar-refractivity contribution in [2.45, 2.75) is 25.4 Å². The molecule has 0 saturated carbocycles. The molecule has 0 bridgehead atoms. The summed E-state index contributed by atoms with van der Waals surface area (Å²) in [5.41, 5.74) is 1.39. The molecule has 1 saturated heterocycles. The van der Waals surface area contributed by atoms with E-state index in [9.17, 15) is 0 Å². The van der Waals surface area contributed by atoms with Gasteiger partial charge in [0.1, 0.15) is 0 Å². The number of ether oxygens (including phenoxy) is 2. The molecule has 0 spiro atoms. The largest absolute Gasteiger partial charge is 0.382 e. The van der Waals surface area contributed by atoms with E-state index in [2.05, 4.69) is 54.4 Å². The topological polar surface area (TPSA) is 33.7 Å². The lowest BCUT2D eigenvalue weighted by Gasteiger charge is -2.48. The van der Waals surface area contributed by atoms with Gasteiger partial charge in [0.2, 0.25) is 0 Å². The van der Waals surface area contributed by atoms with Crippen molar-refractivity contribution >= 4 is 0 Å². The Balaban J connectivity index is 1.99. The third kappa shape index (κ3) is 4.27. The molecule has 4 heteroatoms. The van der Waals surface area contributed by atoms with Crippen molar-refractivity contribution in [3.63, 3.8) is 0 Å². The molecule has 2 unspecified atom stereocenters. The Bertz CT molecular complexity index is 413. The van der Waals surface area contributed by atoms with Gasteiger partial charge in [-0.25, -0.2) is 0 Å². The highest BCUT2D eigenvalue weighted by molar-refractivity contribution is 5.25. The third-order valence-electron chi connectivity index (χ3n) is 4.32. The van der Waals surface area contributed by atoms with Gasteiger partial charge in [0.15, 0.2) is 0 Å². The molecule has 118 valence electrons. The number of hydrogen-bond acceptors (Lipinski definition) is 4. The lowest BCUT2D eigenvalue weighted by molar-refractivity contribution is 0.00842. The fourth-order valence-electron chi connectivity index (χ4n) is 2.92. The summed E-state index contributed by atoms with van der Waals surface area (Å²) in [7, 11) is 1.70. The highest BCUT2D eigenvalue weighted by atomic mass is 16.5. The van der Waals surface area contributed by atoms with E-state index in [1.54, 1.807) is 7.11 Å². The lowest BCUT2D eigenvalue weighted by Crippen LogP contribution is -2.61. The first kappa shape index (κ1) is 16.4. The number of nitrogens with one attached hydrogen (secondary N) is 1. The summed E-state index contributed by atoms with van der Waals surface area (Å²) in [6.07, 6.45) is 0. The molecule has 1 aromatic rings. The Morgan fingerprint density at radius 1 is 1.24 bits per heavy atom. The van der Waals surface area contributed by atoms with Gasteiger partial charge in [0, 0.05) is 32.8 Å². The summed E-state index contributed by atoms with van der Waals surface area (Å²) in [6.45, 7) is 9.59. The quantitative estimate of drug-likeness (QED) is 0.778. The Hall–Kier alpha value is -0.940. The summed E-state index contributed by atoms with van der Waals surface area (Å²) in [6, 6.07) is 11.3. The van der Waals surface area contributed by atoms with Gasteiger partial charge in [0.25, 0.3) is 0 Å². The monoisotopic (exact) mass is 292 g/mol. The van der Waals surface area contributed by atoms with Crippen molar-refractivity contribution in [1.82, 2.24) is 10.2 Å². The number of benzene rings is 1. The van der Waals surface area contributed by atoms with Gasteiger partial charge in [0.05, 0.1) is 25.4 Å². The fraction of sp³-hybridized carbons (Fsp3) is 0.647. The van der Waals surface area contributed by atoms with Crippen LogP contribution in [0.2, 0.25) is 0 Å². The van der Waals surface area contributed by atoms with E-state index in [-0.39, 0.29) is 5.54 Å². The van der Waals surface area contributed by atoms with Crippen LogP contribution in [0.4, 0.5) is 0 Å². The number of piperazine rings is 1. The van der Waals surface area contributed by atoms with E-state index in [1.807, 2.05) is 0 Å². The summed E-state index contributed by atoms with van der Waals surface area (Å²) in [4.78, 5) is 2.54. The maximum Gasteiger partial charge on any atom is 0.0700 e. The van der Waals surface area contributed by atoms with Gasteiger partial charge in [-0.1, -0.05) is 30.3 Å². The second-order valence-corrected chi connectivity index (χ2v) is 5.97. The molecule has 0 radical (unpaired) electrons. The van der Waals surface area contributed by atoms with Crippen LogP contribution in [-0.2, 0) is 15.0 Å². The van der Waals surface area contributed by atoms with Crippen LogP contribution < -0.4 is 5.32 Å². The Labute approximate surface area is 128 Å². The van der Waals surface area contributed by atoms with Gasteiger partial charge in [-0.2, -0.15) is 0 Å². The van der Waals surface area contributed by atoms with Crippen molar-refractivity contribution in [2.24, 2.45) is 0 Å². The number of rotatable bonds is 7. The molecule has 1 aliphatic rings. The second-order valence-electron chi connectivity index (χ2n) is 5.97. The summed E-state index contributed by atoms with van der Waals surface area (Å²) in [5, 5.41) is 3.61. The molecular weight excluding hydrogens is 264 g/mol. The molecule has 2 atom stereocenters. The number of methoxy groups -OCH3 is 1. The molecule has 1 fully saturated rings. The normalized spacial score (nSPS) is 26.9. The minimum absolute atomic E-state index is 0.0262. The maximum absolute atomic E-state index is 5.65. The molecule has 2 rings (SSSR count). The smallest absolute Gasteiger partial charge is 0.0700 e. The van der Waals surface area contributed by atoms with Crippen LogP contribution in [0.25, 0.3) is 0 Å².